The first kappa shape index (κ1) is 12.5. The molecule has 0 unspecified atom stereocenters. The third-order valence-corrected chi connectivity index (χ3v) is 3.51. The van der Waals surface area contributed by atoms with Gasteiger partial charge in [-0.1, -0.05) is 15.9 Å². The third-order valence-electron chi connectivity index (χ3n) is 2.62. The summed E-state index contributed by atoms with van der Waals surface area (Å²) >= 11 is 3.46. The Hall–Kier alpha value is -1.99. The zero-order chi connectivity index (χ0) is 13.1. The minimum atomic E-state index is 0.480. The van der Waals surface area contributed by atoms with Crippen LogP contribution >= 0.6 is 15.9 Å². The number of rotatable bonds is 2. The summed E-state index contributed by atoms with van der Waals surface area (Å²) in [4.78, 5) is 0. The average molecular weight is 302 g/mol. The van der Waals surface area contributed by atoms with Gasteiger partial charge in [-0.15, -0.1) is 0 Å². The molecule has 0 aliphatic rings. The number of anilines is 3. The maximum atomic E-state index is 8.93. The second-order valence-corrected chi connectivity index (χ2v) is 4.86. The van der Waals surface area contributed by atoms with Gasteiger partial charge in [0, 0.05) is 21.5 Å². The molecule has 0 atom stereocenters. The van der Waals surface area contributed by atoms with Gasteiger partial charge in [-0.25, -0.2) is 0 Å². The van der Waals surface area contributed by atoms with E-state index in [1.165, 1.54) is 0 Å². The summed E-state index contributed by atoms with van der Waals surface area (Å²) in [6.07, 6.45) is 0. The van der Waals surface area contributed by atoms with Gasteiger partial charge < -0.3 is 11.1 Å². The number of nitrogen functional groups attached to an aromatic ring is 1. The van der Waals surface area contributed by atoms with E-state index in [2.05, 4.69) is 27.3 Å². The monoisotopic (exact) mass is 301 g/mol. The van der Waals surface area contributed by atoms with Gasteiger partial charge in [0.2, 0.25) is 0 Å². The van der Waals surface area contributed by atoms with Crippen molar-refractivity contribution in [3.63, 3.8) is 0 Å². The van der Waals surface area contributed by atoms with E-state index < -0.39 is 0 Å². The zero-order valence-electron chi connectivity index (χ0n) is 9.87. The summed E-state index contributed by atoms with van der Waals surface area (Å²) in [5, 5.41) is 12.2. The molecule has 4 heteroatoms. The van der Waals surface area contributed by atoms with Crippen LogP contribution in [0.4, 0.5) is 17.1 Å². The maximum Gasteiger partial charge on any atom is 0.101 e. The quantitative estimate of drug-likeness (QED) is 0.826. The largest absolute Gasteiger partial charge is 0.398 e. The number of halogens is 1. The number of nitrogens with one attached hydrogen (secondary N) is 1. The number of nitriles is 1. The van der Waals surface area contributed by atoms with Crippen LogP contribution in [0.2, 0.25) is 0 Å². The molecule has 0 spiro atoms. The highest BCUT2D eigenvalue weighted by Crippen LogP contribution is 2.24. The first-order valence-corrected chi connectivity index (χ1v) is 6.22. The fourth-order valence-electron chi connectivity index (χ4n) is 1.62. The van der Waals surface area contributed by atoms with Crippen molar-refractivity contribution in [3.8, 4) is 6.07 Å². The van der Waals surface area contributed by atoms with Crippen molar-refractivity contribution in [2.75, 3.05) is 11.1 Å². The van der Waals surface area contributed by atoms with Gasteiger partial charge in [0.15, 0.2) is 0 Å². The van der Waals surface area contributed by atoms with E-state index in [0.717, 1.165) is 21.4 Å². The Morgan fingerprint density at radius 2 is 1.83 bits per heavy atom. The molecule has 0 radical (unpaired) electrons. The number of hydrogen-bond donors (Lipinski definition) is 2. The van der Waals surface area contributed by atoms with E-state index in [9.17, 15) is 0 Å². The lowest BCUT2D eigenvalue weighted by Crippen LogP contribution is -1.95. The van der Waals surface area contributed by atoms with Crippen LogP contribution < -0.4 is 11.1 Å². The lowest BCUT2D eigenvalue weighted by molar-refractivity contribution is 1.41. The summed E-state index contributed by atoms with van der Waals surface area (Å²) in [7, 11) is 0. The molecule has 2 rings (SSSR count). The Kier molecular flexibility index (Phi) is 3.54. The predicted molar refractivity (Wildman–Crippen MR) is 77.7 cm³/mol. The van der Waals surface area contributed by atoms with E-state index in [4.69, 9.17) is 11.0 Å². The second kappa shape index (κ2) is 5.11. The molecule has 0 aliphatic carbocycles. The van der Waals surface area contributed by atoms with Crippen molar-refractivity contribution in [1.29, 1.82) is 5.26 Å². The van der Waals surface area contributed by atoms with Gasteiger partial charge in [-0.3, -0.25) is 0 Å². The highest BCUT2D eigenvalue weighted by atomic mass is 79.9. The number of nitrogens with zero attached hydrogens (tertiary/aromatic N) is 1. The van der Waals surface area contributed by atoms with Crippen LogP contribution in [0.15, 0.2) is 40.9 Å². The lowest BCUT2D eigenvalue weighted by atomic mass is 10.1. The van der Waals surface area contributed by atoms with Gasteiger partial charge in [0.25, 0.3) is 0 Å². The highest BCUT2D eigenvalue weighted by Gasteiger charge is 2.02. The van der Waals surface area contributed by atoms with Crippen molar-refractivity contribution in [2.45, 2.75) is 6.92 Å². The van der Waals surface area contributed by atoms with Crippen LogP contribution in [-0.2, 0) is 0 Å². The van der Waals surface area contributed by atoms with E-state index in [-0.39, 0.29) is 0 Å². The molecule has 90 valence electrons. The van der Waals surface area contributed by atoms with E-state index in [1.807, 2.05) is 31.2 Å². The highest BCUT2D eigenvalue weighted by molar-refractivity contribution is 9.10. The molecule has 0 aliphatic heterocycles. The lowest BCUT2D eigenvalue weighted by Gasteiger charge is -2.09. The molecule has 2 aromatic rings. The first-order valence-electron chi connectivity index (χ1n) is 5.43. The van der Waals surface area contributed by atoms with Crippen molar-refractivity contribution in [1.82, 2.24) is 0 Å². The topological polar surface area (TPSA) is 61.8 Å². The molecular formula is C14H12BrN3. The Bertz CT molecular complexity index is 629. The third kappa shape index (κ3) is 2.63. The van der Waals surface area contributed by atoms with Crippen LogP contribution in [0.5, 0.6) is 0 Å². The second-order valence-electron chi connectivity index (χ2n) is 4.00. The fraction of sp³-hybridized carbons (Fsp3) is 0.0714. The molecule has 2 aromatic carbocycles. The minimum absolute atomic E-state index is 0.480. The van der Waals surface area contributed by atoms with Crippen molar-refractivity contribution in [2.24, 2.45) is 0 Å². The zero-order valence-corrected chi connectivity index (χ0v) is 11.5. The van der Waals surface area contributed by atoms with Gasteiger partial charge in [-0.2, -0.15) is 5.26 Å². The molecule has 0 heterocycles. The number of benzene rings is 2. The maximum absolute atomic E-state index is 8.93. The molecule has 0 saturated heterocycles. The summed E-state index contributed by atoms with van der Waals surface area (Å²) in [6.45, 7) is 2.03. The molecule has 0 fully saturated rings. The van der Waals surface area contributed by atoms with E-state index >= 15 is 0 Å². The van der Waals surface area contributed by atoms with Crippen LogP contribution in [-0.4, -0.2) is 0 Å². The molecule has 0 saturated carbocycles. The van der Waals surface area contributed by atoms with Gasteiger partial charge >= 0.3 is 0 Å². The molecular weight excluding hydrogens is 290 g/mol. The molecule has 0 amide bonds. The van der Waals surface area contributed by atoms with Crippen LogP contribution in [0, 0.1) is 18.3 Å². The number of nitrogens with two attached hydrogens (primary N) is 1. The SMILES string of the molecule is Cc1cc(Nc2ccc(N)c(C#N)c2)ccc1Br. The molecule has 0 bridgehead atoms. The first-order chi connectivity index (χ1) is 8.60. The van der Waals surface area contributed by atoms with Crippen molar-refractivity contribution >= 4 is 33.0 Å². The molecule has 0 aromatic heterocycles. The van der Waals surface area contributed by atoms with E-state index in [0.29, 0.717) is 11.3 Å². The number of hydrogen-bond acceptors (Lipinski definition) is 3. The fourth-order valence-corrected chi connectivity index (χ4v) is 1.87. The molecule has 3 N–H and O–H groups in total. The minimum Gasteiger partial charge on any atom is -0.398 e. The summed E-state index contributed by atoms with van der Waals surface area (Å²) < 4.78 is 1.07. The van der Waals surface area contributed by atoms with Gasteiger partial charge in [0.05, 0.1) is 5.56 Å². The summed E-state index contributed by atoms with van der Waals surface area (Å²) in [5.41, 5.74) is 9.63. The Morgan fingerprint density at radius 1 is 1.17 bits per heavy atom. The van der Waals surface area contributed by atoms with Crippen molar-refractivity contribution < 1.29 is 0 Å². The Morgan fingerprint density at radius 3 is 2.50 bits per heavy atom. The predicted octanol–water partition coefficient (Wildman–Crippen LogP) is 3.96. The Balaban J connectivity index is 2.29. The molecule has 18 heavy (non-hydrogen) atoms. The molecule has 3 nitrogen and oxygen atoms in total. The number of aryl methyl sites for hydroxylation is 1. The van der Waals surface area contributed by atoms with Crippen molar-refractivity contribution in [3.05, 3.63) is 52.0 Å². The van der Waals surface area contributed by atoms with Crippen LogP contribution in [0.1, 0.15) is 11.1 Å². The normalized spacial score (nSPS) is 9.83. The Labute approximate surface area is 114 Å². The van der Waals surface area contributed by atoms with Crippen LogP contribution in [0.25, 0.3) is 0 Å². The van der Waals surface area contributed by atoms with Gasteiger partial charge in [-0.05, 0) is 48.9 Å². The standard InChI is InChI=1S/C14H12BrN3/c1-9-6-11(2-4-13(9)15)18-12-3-5-14(17)10(7-12)8-16/h2-7,18H,17H2,1H3. The average Bonchev–Trinajstić information content (AvgIpc) is 2.36. The van der Waals surface area contributed by atoms with Gasteiger partial charge in [0.1, 0.15) is 6.07 Å². The smallest absolute Gasteiger partial charge is 0.101 e. The summed E-state index contributed by atoms with van der Waals surface area (Å²) in [5.74, 6) is 0. The van der Waals surface area contributed by atoms with Crippen LogP contribution in [0.3, 0.4) is 0 Å². The summed E-state index contributed by atoms with van der Waals surface area (Å²) in [6, 6.07) is 13.4. The van der Waals surface area contributed by atoms with E-state index in [1.54, 1.807) is 12.1 Å².